The van der Waals surface area contributed by atoms with Crippen molar-refractivity contribution < 1.29 is 4.79 Å². The lowest BCUT2D eigenvalue weighted by Crippen LogP contribution is -2.29. The van der Waals surface area contributed by atoms with E-state index in [1.807, 2.05) is 0 Å². The molecule has 3 rings (SSSR count). The van der Waals surface area contributed by atoms with Crippen molar-refractivity contribution in [1.82, 2.24) is 4.90 Å². The van der Waals surface area contributed by atoms with Crippen LogP contribution in [0, 0.1) is 0 Å². The molecule has 0 bridgehead atoms. The number of nitrogens with one attached hydrogen (secondary N) is 1. The van der Waals surface area contributed by atoms with Crippen molar-refractivity contribution in [3.63, 3.8) is 0 Å². The highest BCUT2D eigenvalue weighted by Gasteiger charge is 2.34. The van der Waals surface area contributed by atoms with Crippen molar-refractivity contribution in [2.24, 2.45) is 4.99 Å². The normalized spacial score (nSPS) is 15.6. The van der Waals surface area contributed by atoms with Gasteiger partial charge in [-0.05, 0) is 49.2 Å². The summed E-state index contributed by atoms with van der Waals surface area (Å²) in [4.78, 5) is 20.8. The smallest absolute Gasteiger partial charge is 0.264 e. The van der Waals surface area contributed by atoms with Crippen LogP contribution in [-0.2, 0) is 4.79 Å². The van der Waals surface area contributed by atoms with Gasteiger partial charge in [-0.15, -0.1) is 0 Å². The van der Waals surface area contributed by atoms with E-state index in [2.05, 4.69) is 22.1 Å². The van der Waals surface area contributed by atoms with Crippen molar-refractivity contribution in [2.75, 3.05) is 18.4 Å². The molecular weight excluding hydrogens is 473 g/mol. The van der Waals surface area contributed by atoms with Crippen LogP contribution in [0.1, 0.15) is 90.4 Å². The molecule has 0 aromatic heterocycles. The molecule has 4 nitrogen and oxygen atoms in total. The van der Waals surface area contributed by atoms with Gasteiger partial charge in [0.2, 0.25) is 0 Å². The molecule has 0 radical (unpaired) electrons. The zero-order valence-corrected chi connectivity index (χ0v) is 22.1. The van der Waals surface area contributed by atoms with Crippen molar-refractivity contribution in [1.29, 1.82) is 0 Å². The average molecular weight is 511 g/mol. The molecule has 2 aliphatic heterocycles. The van der Waals surface area contributed by atoms with E-state index in [0.29, 0.717) is 15.7 Å². The van der Waals surface area contributed by atoms with E-state index in [-0.39, 0.29) is 5.91 Å². The number of hydrogen-bond donors (Lipinski definition) is 1. The summed E-state index contributed by atoms with van der Waals surface area (Å²) in [7, 11) is 0. The third-order valence-electron chi connectivity index (χ3n) is 6.14. The maximum absolute atomic E-state index is 13.1. The van der Waals surface area contributed by atoms with Crippen molar-refractivity contribution in [2.45, 2.75) is 90.4 Å². The standard InChI is InChI=1S/C26H37Cl2N3OS/c1-2-3-4-5-6-7-8-9-10-11-12-14-23-24(33-26-29-15-13-16-31(23)26)25(32)30-22-18-20(27)17-21(28)19-22/h17-19H,2-16H2,1H3,(H,30,32). The lowest BCUT2D eigenvalue weighted by Gasteiger charge is -2.25. The minimum Gasteiger partial charge on any atom is -0.323 e. The number of nitrogens with zero attached hydrogens (tertiary/aromatic N) is 2. The van der Waals surface area contributed by atoms with Crippen molar-refractivity contribution in [3.05, 3.63) is 38.8 Å². The van der Waals surface area contributed by atoms with Crippen LogP contribution in [0.2, 0.25) is 10.0 Å². The highest BCUT2D eigenvalue weighted by atomic mass is 35.5. The van der Waals surface area contributed by atoms with E-state index in [4.69, 9.17) is 23.2 Å². The topological polar surface area (TPSA) is 44.7 Å². The Morgan fingerprint density at radius 3 is 2.21 bits per heavy atom. The Hall–Kier alpha value is -1.17. The lowest BCUT2D eigenvalue weighted by molar-refractivity contribution is -0.112. The molecule has 0 fully saturated rings. The van der Waals surface area contributed by atoms with Crippen LogP contribution in [0.4, 0.5) is 5.69 Å². The van der Waals surface area contributed by atoms with Crippen LogP contribution in [0.3, 0.4) is 0 Å². The van der Waals surface area contributed by atoms with Crippen LogP contribution in [-0.4, -0.2) is 29.1 Å². The number of unbranched alkanes of at least 4 members (excludes halogenated alkanes) is 10. The number of carbonyl (C=O) groups excluding carboxylic acids is 1. The molecule has 0 spiro atoms. The summed E-state index contributed by atoms with van der Waals surface area (Å²) in [5.74, 6) is -0.103. The van der Waals surface area contributed by atoms with Crippen LogP contribution in [0.25, 0.3) is 0 Å². The van der Waals surface area contributed by atoms with E-state index in [0.717, 1.165) is 48.1 Å². The first kappa shape index (κ1) is 26.4. The number of amidine groups is 1. The van der Waals surface area contributed by atoms with E-state index in [1.54, 1.807) is 18.2 Å². The molecule has 182 valence electrons. The molecule has 1 aromatic carbocycles. The predicted molar refractivity (Wildman–Crippen MR) is 144 cm³/mol. The number of anilines is 1. The Morgan fingerprint density at radius 2 is 1.58 bits per heavy atom. The summed E-state index contributed by atoms with van der Waals surface area (Å²) >= 11 is 13.7. The summed E-state index contributed by atoms with van der Waals surface area (Å²) in [6.45, 7) is 4.05. The summed E-state index contributed by atoms with van der Waals surface area (Å²) < 4.78 is 0. The van der Waals surface area contributed by atoms with E-state index < -0.39 is 0 Å². The largest absolute Gasteiger partial charge is 0.323 e. The lowest BCUT2D eigenvalue weighted by atomic mass is 10.0. The van der Waals surface area contributed by atoms with Gasteiger partial charge in [-0.2, -0.15) is 0 Å². The van der Waals surface area contributed by atoms with E-state index in [1.165, 1.54) is 76.0 Å². The summed E-state index contributed by atoms with van der Waals surface area (Å²) in [5, 5.41) is 4.96. The maximum Gasteiger partial charge on any atom is 0.264 e. The molecule has 2 aliphatic rings. The number of rotatable bonds is 14. The van der Waals surface area contributed by atoms with Gasteiger partial charge in [-0.25, -0.2) is 0 Å². The number of amides is 1. The van der Waals surface area contributed by atoms with Gasteiger partial charge >= 0.3 is 0 Å². The van der Waals surface area contributed by atoms with E-state index in [9.17, 15) is 4.79 Å². The highest BCUT2D eigenvalue weighted by molar-refractivity contribution is 8.18. The number of benzene rings is 1. The number of hydrogen-bond acceptors (Lipinski definition) is 4. The summed E-state index contributed by atoms with van der Waals surface area (Å²) in [5.41, 5.74) is 1.74. The first-order valence-corrected chi connectivity index (χ1v) is 14.2. The zero-order valence-electron chi connectivity index (χ0n) is 19.8. The average Bonchev–Trinajstić information content (AvgIpc) is 3.15. The van der Waals surface area contributed by atoms with Gasteiger partial charge < -0.3 is 10.2 Å². The molecule has 1 amide bonds. The van der Waals surface area contributed by atoms with Gasteiger partial charge in [0.25, 0.3) is 5.91 Å². The van der Waals surface area contributed by atoms with Crippen LogP contribution < -0.4 is 5.32 Å². The highest BCUT2D eigenvalue weighted by Crippen LogP contribution is 2.39. The van der Waals surface area contributed by atoms with Crippen LogP contribution >= 0.6 is 35.0 Å². The molecule has 0 atom stereocenters. The fourth-order valence-electron chi connectivity index (χ4n) is 4.39. The van der Waals surface area contributed by atoms with Gasteiger partial charge in [0.15, 0.2) is 5.17 Å². The Morgan fingerprint density at radius 1 is 0.970 bits per heavy atom. The minimum atomic E-state index is -0.103. The second kappa shape index (κ2) is 14.3. The number of fused-ring (bicyclic) bond motifs is 1. The Kier molecular flexibility index (Phi) is 11.4. The molecule has 0 saturated carbocycles. The first-order chi connectivity index (χ1) is 16.1. The van der Waals surface area contributed by atoms with Gasteiger partial charge in [0.1, 0.15) is 0 Å². The maximum atomic E-state index is 13.1. The summed E-state index contributed by atoms with van der Waals surface area (Å²) in [6, 6.07) is 5.11. The Bertz CT molecular complexity index is 836. The number of allylic oxidation sites excluding steroid dienone is 1. The van der Waals surface area contributed by atoms with Crippen molar-refractivity contribution >= 4 is 51.7 Å². The fourth-order valence-corrected chi connectivity index (χ4v) is 6.04. The Balaban J connectivity index is 1.49. The minimum absolute atomic E-state index is 0.103. The third kappa shape index (κ3) is 8.52. The third-order valence-corrected chi connectivity index (χ3v) is 7.74. The second-order valence-corrected chi connectivity index (χ2v) is 10.8. The molecule has 33 heavy (non-hydrogen) atoms. The van der Waals surface area contributed by atoms with Crippen LogP contribution in [0.5, 0.6) is 0 Å². The fraction of sp³-hybridized carbons (Fsp3) is 0.615. The van der Waals surface area contributed by atoms with Gasteiger partial charge in [-0.3, -0.25) is 9.79 Å². The molecule has 1 aromatic rings. The number of thioether (sulfide) groups is 1. The quantitative estimate of drug-likeness (QED) is 0.255. The molecule has 0 saturated heterocycles. The molecule has 0 aliphatic carbocycles. The molecule has 1 N–H and O–H groups in total. The molecule has 2 heterocycles. The predicted octanol–water partition coefficient (Wildman–Crippen LogP) is 8.65. The zero-order chi connectivity index (χ0) is 23.5. The molecular formula is C26H37Cl2N3OS. The first-order valence-electron chi connectivity index (χ1n) is 12.6. The Labute approximate surface area is 213 Å². The van der Waals surface area contributed by atoms with Gasteiger partial charge in [0, 0.05) is 34.5 Å². The molecule has 7 heteroatoms. The van der Waals surface area contributed by atoms with E-state index >= 15 is 0 Å². The van der Waals surface area contributed by atoms with Gasteiger partial charge in [-0.1, -0.05) is 94.3 Å². The van der Waals surface area contributed by atoms with Gasteiger partial charge in [0.05, 0.1) is 4.91 Å². The summed E-state index contributed by atoms with van der Waals surface area (Å²) in [6.07, 6.45) is 16.5. The SMILES string of the molecule is CCCCCCCCCCCCCC1=C(C(=O)Nc2cc(Cl)cc(Cl)c2)SC2=NCCCN21. The number of halogens is 2. The van der Waals surface area contributed by atoms with Crippen LogP contribution in [0.15, 0.2) is 33.8 Å². The monoisotopic (exact) mass is 509 g/mol. The number of carbonyl (C=O) groups is 1. The van der Waals surface area contributed by atoms with Crippen molar-refractivity contribution in [3.8, 4) is 0 Å². The second-order valence-electron chi connectivity index (χ2n) is 8.95. The molecule has 0 unspecified atom stereocenters. The number of aliphatic imine (C=N–C) groups is 1.